The molecule has 4 rings (SSSR count). The molecule has 0 saturated heterocycles. The number of methoxy groups -OCH3 is 1. The number of para-hydroxylation sites is 1. The van der Waals surface area contributed by atoms with Crippen molar-refractivity contribution in [3.05, 3.63) is 59.7 Å². The topological polar surface area (TPSA) is 118 Å². The summed E-state index contributed by atoms with van der Waals surface area (Å²) in [7, 11) is 1.63. The lowest BCUT2D eigenvalue weighted by Gasteiger charge is -2.46. The van der Waals surface area contributed by atoms with Crippen LogP contribution in [0.3, 0.4) is 0 Å². The molecule has 0 bridgehead atoms. The van der Waals surface area contributed by atoms with E-state index in [4.69, 9.17) is 21.2 Å². The first-order chi connectivity index (χ1) is 15.0. The first-order valence-electron chi connectivity index (χ1n) is 10.5. The van der Waals surface area contributed by atoms with Gasteiger partial charge in [-0.2, -0.15) is 4.99 Å². The van der Waals surface area contributed by atoms with Crippen molar-refractivity contribution in [3.8, 4) is 5.75 Å². The highest BCUT2D eigenvalue weighted by Crippen LogP contribution is 2.40. The number of benzene rings is 2. The van der Waals surface area contributed by atoms with Crippen molar-refractivity contribution in [2.24, 2.45) is 21.5 Å². The van der Waals surface area contributed by atoms with Gasteiger partial charge in [-0.05, 0) is 55.5 Å². The van der Waals surface area contributed by atoms with Crippen LogP contribution in [0.4, 0.5) is 5.69 Å². The van der Waals surface area contributed by atoms with E-state index < -0.39 is 5.66 Å². The molecule has 0 aromatic heterocycles. The Balaban J connectivity index is 1.61. The molecular formula is C23H28N6O2. The zero-order valence-electron chi connectivity index (χ0n) is 17.7. The number of nitrogens with zero attached hydrogens (tertiary/aromatic N) is 3. The molecule has 5 N–H and O–H groups in total. The average molecular weight is 421 g/mol. The molecule has 1 aliphatic carbocycles. The van der Waals surface area contributed by atoms with Crippen molar-refractivity contribution in [1.29, 1.82) is 0 Å². The molecule has 2 aliphatic rings. The molecule has 8 heteroatoms. The number of carbonyl (C=O) groups excluding carboxylic acids is 1. The molecule has 2 aromatic carbocycles. The third kappa shape index (κ3) is 4.19. The third-order valence-electron chi connectivity index (χ3n) is 5.85. The lowest BCUT2D eigenvalue weighted by Crippen LogP contribution is -2.58. The molecule has 0 atom stereocenters. The van der Waals surface area contributed by atoms with Gasteiger partial charge in [-0.15, -0.1) is 0 Å². The van der Waals surface area contributed by atoms with Gasteiger partial charge in [0.25, 0.3) is 5.91 Å². The summed E-state index contributed by atoms with van der Waals surface area (Å²) < 4.78 is 5.18. The zero-order chi connectivity index (χ0) is 21.8. The Bertz CT molecular complexity index is 1010. The van der Waals surface area contributed by atoms with E-state index >= 15 is 0 Å². The number of nitrogens with one attached hydrogen (secondary N) is 1. The highest BCUT2D eigenvalue weighted by Gasteiger charge is 2.43. The second-order valence-electron chi connectivity index (χ2n) is 7.87. The Morgan fingerprint density at radius 2 is 1.81 bits per heavy atom. The van der Waals surface area contributed by atoms with Crippen molar-refractivity contribution >= 4 is 23.5 Å². The van der Waals surface area contributed by atoms with Crippen LogP contribution < -0.4 is 26.4 Å². The number of nitrogens with two attached hydrogens (primary N) is 2. The van der Waals surface area contributed by atoms with Crippen LogP contribution in [0.5, 0.6) is 5.75 Å². The van der Waals surface area contributed by atoms with Gasteiger partial charge in [0.05, 0.1) is 18.4 Å². The Morgan fingerprint density at radius 1 is 1.10 bits per heavy atom. The van der Waals surface area contributed by atoms with Crippen molar-refractivity contribution in [3.63, 3.8) is 0 Å². The summed E-state index contributed by atoms with van der Waals surface area (Å²) in [6.45, 7) is 0.400. The molecule has 1 heterocycles. The largest absolute Gasteiger partial charge is 0.497 e. The summed E-state index contributed by atoms with van der Waals surface area (Å²) in [5.41, 5.74) is 13.9. The molecule has 1 spiro atoms. The maximum absolute atomic E-state index is 13.1. The van der Waals surface area contributed by atoms with E-state index in [-0.39, 0.29) is 17.8 Å². The Kier molecular flexibility index (Phi) is 5.79. The molecule has 1 fully saturated rings. The normalized spacial score (nSPS) is 17.6. The van der Waals surface area contributed by atoms with Crippen molar-refractivity contribution < 1.29 is 9.53 Å². The van der Waals surface area contributed by atoms with Gasteiger partial charge < -0.3 is 21.5 Å². The Morgan fingerprint density at radius 3 is 2.52 bits per heavy atom. The van der Waals surface area contributed by atoms with E-state index in [0.29, 0.717) is 17.8 Å². The minimum absolute atomic E-state index is 0.187. The molecule has 31 heavy (non-hydrogen) atoms. The predicted molar refractivity (Wildman–Crippen MR) is 122 cm³/mol. The van der Waals surface area contributed by atoms with E-state index in [1.807, 2.05) is 47.4 Å². The van der Waals surface area contributed by atoms with Gasteiger partial charge in [0.15, 0.2) is 0 Å². The van der Waals surface area contributed by atoms with E-state index in [1.54, 1.807) is 13.2 Å². The number of rotatable bonds is 5. The lowest BCUT2D eigenvalue weighted by atomic mass is 9.87. The van der Waals surface area contributed by atoms with Gasteiger partial charge >= 0.3 is 0 Å². The van der Waals surface area contributed by atoms with Crippen LogP contribution in [0, 0.1) is 0 Å². The standard InChI is InChI=1S/C23H28N6O2/c1-31-17-11-9-16(10-12-17)15-26-20(30)18-7-3-4-8-19(18)29-22(25)27-21(24)28-23(29)13-5-2-6-14-23/h3-4,7-12H,2,5-6,13-15H2,1H3,(H,26,30)(H4,24,25,27,28). The van der Waals surface area contributed by atoms with Crippen molar-refractivity contribution in [2.75, 3.05) is 12.0 Å². The number of ether oxygens (including phenoxy) is 1. The van der Waals surface area contributed by atoms with Crippen LogP contribution in [-0.4, -0.2) is 30.6 Å². The first-order valence-corrected chi connectivity index (χ1v) is 10.5. The number of hydrogen-bond acceptors (Lipinski definition) is 7. The molecule has 1 aliphatic heterocycles. The molecule has 2 aromatic rings. The van der Waals surface area contributed by atoms with Crippen LogP contribution in [0.25, 0.3) is 0 Å². The van der Waals surface area contributed by atoms with Crippen LogP contribution >= 0.6 is 0 Å². The van der Waals surface area contributed by atoms with Crippen LogP contribution in [0.1, 0.15) is 48.0 Å². The van der Waals surface area contributed by atoms with Crippen molar-refractivity contribution in [1.82, 2.24) is 5.32 Å². The average Bonchev–Trinajstić information content (AvgIpc) is 2.78. The minimum atomic E-state index is -0.597. The maximum Gasteiger partial charge on any atom is 0.253 e. The quantitative estimate of drug-likeness (QED) is 0.687. The molecular weight excluding hydrogens is 392 g/mol. The zero-order valence-corrected chi connectivity index (χ0v) is 17.7. The number of hydrogen-bond donors (Lipinski definition) is 3. The highest BCUT2D eigenvalue weighted by molar-refractivity contribution is 6.10. The number of carbonyl (C=O) groups is 1. The Hall–Kier alpha value is -3.55. The summed E-state index contributed by atoms with van der Waals surface area (Å²) in [5.74, 6) is 1.05. The second kappa shape index (κ2) is 8.67. The fourth-order valence-electron chi connectivity index (χ4n) is 4.35. The third-order valence-corrected chi connectivity index (χ3v) is 5.85. The fraction of sp³-hybridized carbons (Fsp3) is 0.348. The second-order valence-corrected chi connectivity index (χ2v) is 7.87. The first kappa shape index (κ1) is 20.7. The highest BCUT2D eigenvalue weighted by atomic mass is 16.5. The lowest BCUT2D eigenvalue weighted by molar-refractivity contribution is 0.0951. The number of anilines is 1. The van der Waals surface area contributed by atoms with E-state index in [9.17, 15) is 4.79 Å². The summed E-state index contributed by atoms with van der Waals surface area (Å²) in [6, 6.07) is 15.0. The maximum atomic E-state index is 13.1. The van der Waals surface area contributed by atoms with Gasteiger partial charge in [0.2, 0.25) is 11.9 Å². The van der Waals surface area contributed by atoms with Crippen molar-refractivity contribution in [2.45, 2.75) is 44.3 Å². The van der Waals surface area contributed by atoms with Gasteiger partial charge in [-0.25, -0.2) is 4.99 Å². The molecule has 0 unspecified atom stereocenters. The van der Waals surface area contributed by atoms with Crippen LogP contribution in [0.15, 0.2) is 58.5 Å². The minimum Gasteiger partial charge on any atom is -0.497 e. The molecule has 1 saturated carbocycles. The molecule has 1 amide bonds. The van der Waals surface area contributed by atoms with Crippen LogP contribution in [0.2, 0.25) is 0 Å². The Labute approximate surface area is 182 Å². The predicted octanol–water partition coefficient (Wildman–Crippen LogP) is 2.74. The summed E-state index contributed by atoms with van der Waals surface area (Å²) in [6.07, 6.45) is 4.81. The summed E-state index contributed by atoms with van der Waals surface area (Å²) >= 11 is 0. The smallest absolute Gasteiger partial charge is 0.253 e. The molecule has 0 radical (unpaired) electrons. The number of guanidine groups is 2. The molecule has 162 valence electrons. The molecule has 8 nitrogen and oxygen atoms in total. The van der Waals surface area contributed by atoms with E-state index in [0.717, 1.165) is 43.4 Å². The van der Waals surface area contributed by atoms with Gasteiger partial charge in [-0.1, -0.05) is 30.7 Å². The van der Waals surface area contributed by atoms with Crippen LogP contribution in [-0.2, 0) is 6.54 Å². The monoisotopic (exact) mass is 420 g/mol. The number of aliphatic imine (C=N–C) groups is 2. The summed E-state index contributed by atoms with van der Waals surface area (Å²) in [5, 5.41) is 3.00. The summed E-state index contributed by atoms with van der Waals surface area (Å²) in [4.78, 5) is 23.9. The van der Waals surface area contributed by atoms with Gasteiger partial charge in [0.1, 0.15) is 11.4 Å². The van der Waals surface area contributed by atoms with Gasteiger partial charge in [0, 0.05) is 6.54 Å². The van der Waals surface area contributed by atoms with E-state index in [2.05, 4.69) is 10.3 Å². The SMILES string of the molecule is COc1ccc(CNC(=O)c2ccccc2N2C(N)=NC(N)=NC23CCCCC3)cc1. The fourth-order valence-corrected chi connectivity index (χ4v) is 4.35. The van der Waals surface area contributed by atoms with E-state index in [1.165, 1.54) is 0 Å². The number of amides is 1. The van der Waals surface area contributed by atoms with Gasteiger partial charge in [-0.3, -0.25) is 9.69 Å².